The van der Waals surface area contributed by atoms with E-state index in [1.807, 2.05) is 0 Å². The molecule has 1 atom stereocenters. The van der Waals surface area contributed by atoms with Crippen LogP contribution in [-0.4, -0.2) is 23.5 Å². The van der Waals surface area contributed by atoms with E-state index in [1.165, 1.54) is 0 Å². The molecule has 0 radical (unpaired) electrons. The molecule has 2 aromatic rings. The molecule has 0 bridgehead atoms. The monoisotopic (exact) mass is 304 g/mol. The van der Waals surface area contributed by atoms with Crippen LogP contribution in [0.3, 0.4) is 0 Å². The lowest BCUT2D eigenvalue weighted by molar-refractivity contribution is 0.181. The Hall–Kier alpha value is -1.05. The number of aromatic nitrogens is 2. The third kappa shape index (κ3) is 3.10. The van der Waals surface area contributed by atoms with Crippen LogP contribution in [0.2, 0.25) is 10.2 Å². The summed E-state index contributed by atoms with van der Waals surface area (Å²) in [5.74, 6) is 6.15. The molecule has 0 aliphatic rings. The number of hydrogen-bond acceptors (Lipinski definition) is 5. The standard InChI is InChI=1S/C11H14Cl2N4O2/c1-18-5-4-17-11(7(12)6-15-17)10(16-14)8-2-3-9(13)19-8/h2-3,6,10,16H,4-5,14H2,1H3. The third-order valence-electron chi connectivity index (χ3n) is 2.66. The zero-order chi connectivity index (χ0) is 13.8. The molecule has 0 aliphatic carbocycles. The third-order valence-corrected chi connectivity index (χ3v) is 3.15. The molecule has 19 heavy (non-hydrogen) atoms. The van der Waals surface area contributed by atoms with Crippen LogP contribution in [0.25, 0.3) is 0 Å². The van der Waals surface area contributed by atoms with Crippen molar-refractivity contribution in [3.8, 4) is 0 Å². The van der Waals surface area contributed by atoms with Crippen LogP contribution in [0.4, 0.5) is 0 Å². The highest BCUT2D eigenvalue weighted by Crippen LogP contribution is 2.29. The van der Waals surface area contributed by atoms with Gasteiger partial charge in [0.05, 0.1) is 30.1 Å². The number of hydrazine groups is 1. The Morgan fingerprint density at radius 1 is 1.53 bits per heavy atom. The number of nitrogens with zero attached hydrogens (tertiary/aromatic N) is 2. The van der Waals surface area contributed by atoms with Crippen molar-refractivity contribution >= 4 is 23.2 Å². The molecule has 2 heterocycles. The van der Waals surface area contributed by atoms with Crippen molar-refractivity contribution in [2.75, 3.05) is 13.7 Å². The highest BCUT2D eigenvalue weighted by atomic mass is 35.5. The van der Waals surface area contributed by atoms with Crippen LogP contribution in [0, 0.1) is 0 Å². The van der Waals surface area contributed by atoms with Gasteiger partial charge >= 0.3 is 0 Å². The second-order valence-electron chi connectivity index (χ2n) is 3.84. The molecule has 0 spiro atoms. The summed E-state index contributed by atoms with van der Waals surface area (Å²) in [7, 11) is 1.62. The lowest BCUT2D eigenvalue weighted by Crippen LogP contribution is -2.31. The summed E-state index contributed by atoms with van der Waals surface area (Å²) in [5.41, 5.74) is 3.35. The van der Waals surface area contributed by atoms with Gasteiger partial charge in [-0.2, -0.15) is 5.10 Å². The van der Waals surface area contributed by atoms with Crippen molar-refractivity contribution in [3.63, 3.8) is 0 Å². The number of methoxy groups -OCH3 is 1. The summed E-state index contributed by atoms with van der Waals surface area (Å²) in [5, 5.41) is 4.97. The fourth-order valence-corrected chi connectivity index (χ4v) is 2.20. The highest BCUT2D eigenvalue weighted by Gasteiger charge is 2.23. The van der Waals surface area contributed by atoms with Crippen LogP contribution < -0.4 is 11.3 Å². The van der Waals surface area contributed by atoms with E-state index in [4.69, 9.17) is 38.2 Å². The number of furan rings is 1. The quantitative estimate of drug-likeness (QED) is 0.630. The summed E-state index contributed by atoms with van der Waals surface area (Å²) < 4.78 is 12.1. The van der Waals surface area contributed by atoms with Crippen molar-refractivity contribution in [2.24, 2.45) is 5.84 Å². The van der Waals surface area contributed by atoms with Crippen molar-refractivity contribution in [1.29, 1.82) is 0 Å². The van der Waals surface area contributed by atoms with Crippen molar-refractivity contribution in [3.05, 3.63) is 40.0 Å². The van der Waals surface area contributed by atoms with Crippen molar-refractivity contribution < 1.29 is 9.15 Å². The number of hydrogen-bond donors (Lipinski definition) is 2. The number of rotatable bonds is 6. The molecule has 8 heteroatoms. The fourth-order valence-electron chi connectivity index (χ4n) is 1.79. The average Bonchev–Trinajstić information content (AvgIpc) is 2.97. The lowest BCUT2D eigenvalue weighted by atomic mass is 10.1. The van der Waals surface area contributed by atoms with Gasteiger partial charge in [0, 0.05) is 7.11 Å². The van der Waals surface area contributed by atoms with E-state index in [2.05, 4.69) is 10.5 Å². The van der Waals surface area contributed by atoms with Gasteiger partial charge in [-0.1, -0.05) is 11.6 Å². The largest absolute Gasteiger partial charge is 0.448 e. The fraction of sp³-hybridized carbons (Fsp3) is 0.364. The Bertz CT molecular complexity index is 541. The zero-order valence-electron chi connectivity index (χ0n) is 10.3. The number of nitrogens with one attached hydrogen (secondary N) is 1. The number of ether oxygens (including phenoxy) is 1. The molecule has 2 aromatic heterocycles. The summed E-state index contributed by atoms with van der Waals surface area (Å²) in [6.45, 7) is 1.08. The molecule has 2 rings (SSSR count). The molecular weight excluding hydrogens is 291 g/mol. The molecule has 3 N–H and O–H groups in total. The van der Waals surface area contributed by atoms with Gasteiger partial charge in [-0.25, -0.2) is 5.43 Å². The topological polar surface area (TPSA) is 78.2 Å². The SMILES string of the molecule is COCCn1ncc(Cl)c1C(NN)c1ccc(Cl)o1. The minimum absolute atomic E-state index is 0.286. The van der Waals surface area contributed by atoms with Crippen molar-refractivity contribution in [1.82, 2.24) is 15.2 Å². The minimum atomic E-state index is -0.431. The first-order valence-corrected chi connectivity index (χ1v) is 6.34. The second-order valence-corrected chi connectivity index (χ2v) is 4.61. The van der Waals surface area contributed by atoms with Gasteiger partial charge in [0.1, 0.15) is 11.8 Å². The van der Waals surface area contributed by atoms with Crippen LogP contribution in [0.5, 0.6) is 0 Å². The molecule has 0 saturated heterocycles. The molecule has 0 aliphatic heterocycles. The Labute approximate surface area is 120 Å². The van der Waals surface area contributed by atoms with Gasteiger partial charge in [0.25, 0.3) is 0 Å². The highest BCUT2D eigenvalue weighted by molar-refractivity contribution is 6.31. The molecule has 104 valence electrons. The Morgan fingerprint density at radius 3 is 2.89 bits per heavy atom. The van der Waals surface area contributed by atoms with E-state index in [-0.39, 0.29) is 5.22 Å². The normalized spacial score (nSPS) is 12.8. The molecule has 1 unspecified atom stereocenters. The van der Waals surface area contributed by atoms with Gasteiger partial charge in [-0.3, -0.25) is 10.5 Å². The predicted molar refractivity (Wildman–Crippen MR) is 72.0 cm³/mol. The Balaban J connectivity index is 2.34. The van der Waals surface area contributed by atoms with Crippen LogP contribution in [-0.2, 0) is 11.3 Å². The van der Waals surface area contributed by atoms with E-state index in [0.717, 1.165) is 0 Å². The average molecular weight is 305 g/mol. The molecule has 6 nitrogen and oxygen atoms in total. The first kappa shape index (κ1) is 14.4. The molecule has 0 saturated carbocycles. The molecule has 0 amide bonds. The van der Waals surface area contributed by atoms with Gasteiger partial charge in [-0.15, -0.1) is 0 Å². The van der Waals surface area contributed by atoms with Crippen molar-refractivity contribution in [2.45, 2.75) is 12.6 Å². The number of halogens is 2. The van der Waals surface area contributed by atoms with Crippen LogP contribution in [0.15, 0.2) is 22.7 Å². The second kappa shape index (κ2) is 6.40. The van der Waals surface area contributed by atoms with Gasteiger partial charge in [0.15, 0.2) is 5.22 Å². The summed E-state index contributed by atoms with van der Waals surface area (Å²) in [6, 6.07) is 2.95. The first-order chi connectivity index (χ1) is 9.17. The Kier molecular flexibility index (Phi) is 4.84. The maximum Gasteiger partial charge on any atom is 0.193 e. The van der Waals surface area contributed by atoms with Gasteiger partial charge in [-0.05, 0) is 23.7 Å². The van der Waals surface area contributed by atoms with Gasteiger partial charge < -0.3 is 9.15 Å². The molecular formula is C11H14Cl2N4O2. The Morgan fingerprint density at radius 2 is 2.32 bits per heavy atom. The minimum Gasteiger partial charge on any atom is -0.448 e. The lowest BCUT2D eigenvalue weighted by Gasteiger charge is -2.16. The van der Waals surface area contributed by atoms with E-state index in [9.17, 15) is 0 Å². The first-order valence-electron chi connectivity index (χ1n) is 5.59. The van der Waals surface area contributed by atoms with E-state index < -0.39 is 6.04 Å². The maximum absolute atomic E-state index is 6.16. The summed E-state index contributed by atoms with van der Waals surface area (Å²) in [6.07, 6.45) is 1.56. The summed E-state index contributed by atoms with van der Waals surface area (Å²) >= 11 is 11.9. The van der Waals surface area contributed by atoms with Gasteiger partial charge in [0.2, 0.25) is 0 Å². The van der Waals surface area contributed by atoms with E-state index in [1.54, 1.807) is 30.1 Å². The maximum atomic E-state index is 6.16. The zero-order valence-corrected chi connectivity index (χ0v) is 11.8. The smallest absolute Gasteiger partial charge is 0.193 e. The van der Waals surface area contributed by atoms with Crippen LogP contribution >= 0.6 is 23.2 Å². The molecule has 0 fully saturated rings. The predicted octanol–water partition coefficient (Wildman–Crippen LogP) is 1.98. The molecule has 0 aromatic carbocycles. The van der Waals surface area contributed by atoms with Crippen LogP contribution in [0.1, 0.15) is 17.5 Å². The number of nitrogens with two attached hydrogens (primary N) is 1. The summed E-state index contributed by atoms with van der Waals surface area (Å²) in [4.78, 5) is 0. The van der Waals surface area contributed by atoms with E-state index in [0.29, 0.717) is 29.6 Å². The van der Waals surface area contributed by atoms with E-state index >= 15 is 0 Å².